The lowest BCUT2D eigenvalue weighted by molar-refractivity contribution is -0.114. The van der Waals surface area contributed by atoms with Crippen LogP contribution in [0.25, 0.3) is 0 Å². The smallest absolute Gasteiger partial charge is 0.239 e. The summed E-state index contributed by atoms with van der Waals surface area (Å²) in [5, 5.41) is 2.80. The van der Waals surface area contributed by atoms with E-state index in [-0.39, 0.29) is 16.9 Å². The van der Waals surface area contributed by atoms with Gasteiger partial charge in [0.25, 0.3) is 0 Å². The van der Waals surface area contributed by atoms with Gasteiger partial charge in [-0.1, -0.05) is 23.9 Å². The third-order valence-electron chi connectivity index (χ3n) is 2.06. The van der Waals surface area contributed by atoms with E-state index in [1.54, 1.807) is 6.92 Å². The van der Waals surface area contributed by atoms with Crippen LogP contribution in [0.3, 0.4) is 0 Å². The van der Waals surface area contributed by atoms with Gasteiger partial charge >= 0.3 is 0 Å². The normalized spacial score (nSPS) is 10.0. The van der Waals surface area contributed by atoms with Crippen LogP contribution in [0.15, 0.2) is 24.3 Å². The number of aryl methyl sites for hydroxylation is 1. The van der Waals surface area contributed by atoms with Gasteiger partial charge in [-0.05, 0) is 24.1 Å². The van der Waals surface area contributed by atoms with Crippen molar-refractivity contribution >= 4 is 40.1 Å². The highest BCUT2D eigenvalue weighted by atomic mass is 35.5. The maximum Gasteiger partial charge on any atom is 0.239 e. The number of carbonyl (C=O) groups excluding carboxylic acids is 2. The summed E-state index contributed by atoms with van der Waals surface area (Å²) in [6, 6.07) is 7.53. The largest absolute Gasteiger partial charge is 0.325 e. The monoisotopic (exact) mass is 271 g/mol. The fraction of sp³-hybridized carbons (Fsp3) is 0.333. The predicted molar refractivity (Wildman–Crippen MR) is 72.6 cm³/mol. The molecule has 0 aromatic heterocycles. The Balaban J connectivity index is 2.44. The standard InChI is InChI=1S/C12H14ClNO2S/c1-9(15)17-7-6-10-2-4-11(5-3-10)14-12(16)8-13/h2-5H,6-8H2,1H3,(H,14,16). The predicted octanol–water partition coefficient (Wildman–Crippen LogP) is 2.69. The van der Waals surface area contributed by atoms with Crippen molar-refractivity contribution in [3.63, 3.8) is 0 Å². The van der Waals surface area contributed by atoms with Crippen LogP contribution in [0, 0.1) is 0 Å². The average molecular weight is 272 g/mol. The molecule has 5 heteroatoms. The van der Waals surface area contributed by atoms with Gasteiger partial charge in [-0.15, -0.1) is 11.6 Å². The van der Waals surface area contributed by atoms with Crippen molar-refractivity contribution in [3.05, 3.63) is 29.8 Å². The lowest BCUT2D eigenvalue weighted by Crippen LogP contribution is -2.12. The molecular weight excluding hydrogens is 258 g/mol. The Hall–Kier alpha value is -1.00. The summed E-state index contributed by atoms with van der Waals surface area (Å²) in [5.41, 5.74) is 1.88. The summed E-state index contributed by atoms with van der Waals surface area (Å²) in [6.45, 7) is 1.56. The molecule has 17 heavy (non-hydrogen) atoms. The molecule has 1 rings (SSSR count). The van der Waals surface area contributed by atoms with E-state index in [1.165, 1.54) is 11.8 Å². The van der Waals surface area contributed by atoms with E-state index in [9.17, 15) is 9.59 Å². The first-order chi connectivity index (χ1) is 8.11. The second-order valence-corrected chi connectivity index (χ2v) is 5.01. The Morgan fingerprint density at radius 2 is 1.94 bits per heavy atom. The second-order valence-electron chi connectivity index (χ2n) is 3.47. The minimum atomic E-state index is -0.216. The molecule has 0 atom stereocenters. The Labute approximate surface area is 110 Å². The fourth-order valence-corrected chi connectivity index (χ4v) is 1.95. The van der Waals surface area contributed by atoms with Gasteiger partial charge in [0.1, 0.15) is 5.88 Å². The van der Waals surface area contributed by atoms with Crippen molar-refractivity contribution in [2.24, 2.45) is 0 Å². The molecule has 0 spiro atoms. The third-order valence-corrected chi connectivity index (χ3v) is 3.11. The third kappa shape index (κ3) is 5.75. The van der Waals surface area contributed by atoms with Crippen LogP contribution in [0.1, 0.15) is 12.5 Å². The Morgan fingerprint density at radius 1 is 1.29 bits per heavy atom. The van der Waals surface area contributed by atoms with Gasteiger partial charge in [0.15, 0.2) is 5.12 Å². The van der Waals surface area contributed by atoms with Gasteiger partial charge in [-0.3, -0.25) is 9.59 Å². The topological polar surface area (TPSA) is 46.2 Å². The molecule has 1 amide bonds. The Bertz CT molecular complexity index is 392. The molecule has 0 unspecified atom stereocenters. The number of halogens is 1. The molecule has 0 aliphatic heterocycles. The molecule has 0 fully saturated rings. The zero-order chi connectivity index (χ0) is 12.7. The molecular formula is C12H14ClNO2S. The molecule has 0 saturated carbocycles. The molecule has 0 aliphatic carbocycles. The van der Waals surface area contributed by atoms with E-state index < -0.39 is 0 Å². The highest BCUT2D eigenvalue weighted by Gasteiger charge is 2.00. The van der Waals surface area contributed by atoms with Crippen LogP contribution in [-0.2, 0) is 16.0 Å². The van der Waals surface area contributed by atoms with Gasteiger partial charge in [0.05, 0.1) is 0 Å². The Morgan fingerprint density at radius 3 is 2.47 bits per heavy atom. The lowest BCUT2D eigenvalue weighted by Gasteiger charge is -2.04. The summed E-state index contributed by atoms with van der Waals surface area (Å²) in [5.74, 6) is 0.520. The van der Waals surface area contributed by atoms with Gasteiger partial charge in [0, 0.05) is 18.4 Å². The van der Waals surface area contributed by atoms with E-state index in [2.05, 4.69) is 5.32 Å². The van der Waals surface area contributed by atoms with Crippen molar-refractivity contribution in [1.82, 2.24) is 0 Å². The van der Waals surface area contributed by atoms with Gasteiger partial charge in [-0.25, -0.2) is 0 Å². The number of thioether (sulfide) groups is 1. The molecule has 0 radical (unpaired) electrons. The number of carbonyl (C=O) groups is 2. The van der Waals surface area contributed by atoms with E-state index in [4.69, 9.17) is 11.6 Å². The minimum Gasteiger partial charge on any atom is -0.325 e. The maximum absolute atomic E-state index is 11.0. The summed E-state index contributed by atoms with van der Waals surface area (Å²) >= 11 is 6.70. The van der Waals surface area contributed by atoms with Crippen molar-refractivity contribution < 1.29 is 9.59 Å². The number of nitrogens with one attached hydrogen (secondary N) is 1. The van der Waals surface area contributed by atoms with Crippen LogP contribution >= 0.6 is 23.4 Å². The number of amides is 1. The Kier molecular flexibility index (Phi) is 6.08. The SMILES string of the molecule is CC(=O)SCCc1ccc(NC(=O)CCl)cc1. The first-order valence-electron chi connectivity index (χ1n) is 5.20. The molecule has 1 N–H and O–H groups in total. The molecule has 0 heterocycles. The molecule has 3 nitrogen and oxygen atoms in total. The first kappa shape index (κ1) is 14.1. The number of hydrogen-bond acceptors (Lipinski definition) is 3. The van der Waals surface area contributed by atoms with Crippen molar-refractivity contribution in [1.29, 1.82) is 0 Å². The molecule has 1 aromatic carbocycles. The van der Waals surface area contributed by atoms with Crippen molar-refractivity contribution in [2.75, 3.05) is 16.9 Å². The van der Waals surface area contributed by atoms with E-state index in [0.29, 0.717) is 0 Å². The molecule has 1 aromatic rings. The summed E-state index contributed by atoms with van der Waals surface area (Å²) in [6.07, 6.45) is 0.841. The fourth-order valence-electron chi connectivity index (χ4n) is 1.26. The number of anilines is 1. The summed E-state index contributed by atoms with van der Waals surface area (Å²) < 4.78 is 0. The highest BCUT2D eigenvalue weighted by molar-refractivity contribution is 8.13. The zero-order valence-electron chi connectivity index (χ0n) is 9.53. The lowest BCUT2D eigenvalue weighted by atomic mass is 10.1. The highest BCUT2D eigenvalue weighted by Crippen LogP contribution is 2.12. The van der Waals surface area contributed by atoms with E-state index in [0.717, 1.165) is 23.4 Å². The van der Waals surface area contributed by atoms with E-state index in [1.807, 2.05) is 24.3 Å². The average Bonchev–Trinajstić information content (AvgIpc) is 2.31. The number of hydrogen-bond donors (Lipinski definition) is 1. The number of benzene rings is 1. The second kappa shape index (κ2) is 7.35. The summed E-state index contributed by atoms with van der Waals surface area (Å²) in [4.78, 5) is 21.8. The van der Waals surface area contributed by atoms with Gasteiger partial charge in [-0.2, -0.15) is 0 Å². The van der Waals surface area contributed by atoms with Crippen LogP contribution in [0.4, 0.5) is 5.69 Å². The molecule has 92 valence electrons. The molecule has 0 saturated heterocycles. The van der Waals surface area contributed by atoms with Crippen molar-refractivity contribution in [2.45, 2.75) is 13.3 Å². The van der Waals surface area contributed by atoms with Gasteiger partial charge in [0.2, 0.25) is 5.91 Å². The minimum absolute atomic E-state index is 0.0446. The van der Waals surface area contributed by atoms with Crippen LogP contribution in [0.5, 0.6) is 0 Å². The molecule has 0 aliphatic rings. The van der Waals surface area contributed by atoms with Crippen LogP contribution in [0.2, 0.25) is 0 Å². The number of alkyl halides is 1. The van der Waals surface area contributed by atoms with Gasteiger partial charge < -0.3 is 5.32 Å². The molecule has 0 bridgehead atoms. The summed E-state index contributed by atoms with van der Waals surface area (Å²) in [7, 11) is 0. The van der Waals surface area contributed by atoms with Crippen molar-refractivity contribution in [3.8, 4) is 0 Å². The zero-order valence-corrected chi connectivity index (χ0v) is 11.1. The van der Waals surface area contributed by atoms with Crippen LogP contribution in [-0.4, -0.2) is 22.7 Å². The quantitative estimate of drug-likeness (QED) is 0.838. The maximum atomic E-state index is 11.0. The first-order valence-corrected chi connectivity index (χ1v) is 6.72. The van der Waals surface area contributed by atoms with Crippen LogP contribution < -0.4 is 5.32 Å². The number of rotatable bonds is 5. The van der Waals surface area contributed by atoms with E-state index >= 15 is 0 Å².